The Labute approximate surface area is 181 Å². The Balaban J connectivity index is 1.52. The molecule has 0 N–H and O–H groups in total. The van der Waals surface area contributed by atoms with Crippen LogP contribution in [0.25, 0.3) is 0 Å². The summed E-state index contributed by atoms with van der Waals surface area (Å²) in [6.45, 7) is 3.54. The molecule has 1 atom stereocenters. The van der Waals surface area contributed by atoms with E-state index >= 15 is 0 Å². The Bertz CT molecular complexity index is 968. The Hall–Kier alpha value is -2.75. The molecule has 1 saturated heterocycles. The average molecular weight is 451 g/mol. The smallest absolute Gasteiger partial charge is 0.308 e. The molecule has 0 radical (unpaired) electrons. The van der Waals surface area contributed by atoms with Gasteiger partial charge in [-0.1, -0.05) is 26.0 Å². The maximum Gasteiger partial charge on any atom is 0.308 e. The lowest BCUT2D eigenvalue weighted by atomic mass is 10.1. The van der Waals surface area contributed by atoms with Crippen molar-refractivity contribution < 1.29 is 32.3 Å². The van der Waals surface area contributed by atoms with Crippen molar-refractivity contribution in [3.63, 3.8) is 0 Å². The Kier molecular flexibility index (Phi) is 6.78. The number of imide groups is 1. The number of esters is 1. The number of rotatable bonds is 8. The third-order valence-corrected chi connectivity index (χ3v) is 7.06. The SMILES string of the molecule is CC(C)CN(C(=O)COC(=O)CCN1C(=O)c2ccccc2C1=O)[C@H]1CCS(=O)(=O)C1. The summed E-state index contributed by atoms with van der Waals surface area (Å²) in [5.41, 5.74) is 0.596. The lowest BCUT2D eigenvalue weighted by Gasteiger charge is -2.29. The lowest BCUT2D eigenvalue weighted by Crippen LogP contribution is -2.45. The Morgan fingerprint density at radius 3 is 2.29 bits per heavy atom. The summed E-state index contributed by atoms with van der Waals surface area (Å²) in [6.07, 6.45) is 0.134. The van der Waals surface area contributed by atoms with E-state index in [0.29, 0.717) is 24.1 Å². The van der Waals surface area contributed by atoms with Gasteiger partial charge in [-0.05, 0) is 24.5 Å². The van der Waals surface area contributed by atoms with Gasteiger partial charge in [-0.2, -0.15) is 0 Å². The van der Waals surface area contributed by atoms with Crippen LogP contribution >= 0.6 is 0 Å². The van der Waals surface area contributed by atoms with Gasteiger partial charge in [0.25, 0.3) is 17.7 Å². The minimum absolute atomic E-state index is 0.0413. The maximum absolute atomic E-state index is 12.6. The molecule has 168 valence electrons. The van der Waals surface area contributed by atoms with Crippen LogP contribution in [0.3, 0.4) is 0 Å². The van der Waals surface area contributed by atoms with Gasteiger partial charge in [-0.15, -0.1) is 0 Å². The van der Waals surface area contributed by atoms with Gasteiger partial charge in [0, 0.05) is 19.1 Å². The summed E-state index contributed by atoms with van der Waals surface area (Å²) in [6, 6.07) is 6.01. The number of sulfone groups is 1. The van der Waals surface area contributed by atoms with Gasteiger partial charge >= 0.3 is 5.97 Å². The van der Waals surface area contributed by atoms with Crippen molar-refractivity contribution in [1.82, 2.24) is 9.80 Å². The second kappa shape index (κ2) is 9.17. The molecule has 1 aromatic carbocycles. The van der Waals surface area contributed by atoms with Gasteiger partial charge in [-0.3, -0.25) is 24.1 Å². The molecule has 0 bridgehead atoms. The molecule has 9 nitrogen and oxygen atoms in total. The van der Waals surface area contributed by atoms with Crippen LogP contribution in [0.5, 0.6) is 0 Å². The zero-order valence-corrected chi connectivity index (χ0v) is 18.4. The highest BCUT2D eigenvalue weighted by Gasteiger charge is 2.36. The zero-order valence-electron chi connectivity index (χ0n) is 17.6. The Morgan fingerprint density at radius 1 is 1.16 bits per heavy atom. The maximum atomic E-state index is 12.6. The predicted octanol–water partition coefficient (Wildman–Crippen LogP) is 0.888. The predicted molar refractivity (Wildman–Crippen MR) is 111 cm³/mol. The van der Waals surface area contributed by atoms with Crippen molar-refractivity contribution >= 4 is 33.5 Å². The molecule has 2 heterocycles. The molecule has 10 heteroatoms. The molecule has 3 rings (SSSR count). The summed E-state index contributed by atoms with van der Waals surface area (Å²) >= 11 is 0. The first-order valence-electron chi connectivity index (χ1n) is 10.2. The molecule has 2 aliphatic heterocycles. The van der Waals surface area contributed by atoms with Crippen LogP contribution in [0.1, 0.15) is 47.4 Å². The molecular formula is C21H26N2O7S. The topological polar surface area (TPSA) is 118 Å². The van der Waals surface area contributed by atoms with E-state index in [4.69, 9.17) is 4.74 Å². The normalized spacial score (nSPS) is 19.6. The summed E-state index contributed by atoms with van der Waals surface area (Å²) in [4.78, 5) is 51.9. The van der Waals surface area contributed by atoms with Crippen LogP contribution in [0.15, 0.2) is 24.3 Å². The van der Waals surface area contributed by atoms with Gasteiger partial charge in [0.1, 0.15) is 0 Å². The number of benzene rings is 1. The van der Waals surface area contributed by atoms with E-state index in [9.17, 15) is 27.6 Å². The first-order chi connectivity index (χ1) is 14.6. The fourth-order valence-electron chi connectivity index (χ4n) is 3.81. The minimum atomic E-state index is -3.16. The van der Waals surface area contributed by atoms with Crippen LogP contribution in [0.4, 0.5) is 0 Å². The largest absolute Gasteiger partial charge is 0.456 e. The number of hydrogen-bond donors (Lipinski definition) is 0. The molecule has 0 aliphatic carbocycles. The van der Waals surface area contributed by atoms with E-state index in [0.717, 1.165) is 4.90 Å². The quantitative estimate of drug-likeness (QED) is 0.426. The average Bonchev–Trinajstić information content (AvgIpc) is 3.19. The molecule has 31 heavy (non-hydrogen) atoms. The summed E-state index contributed by atoms with van der Waals surface area (Å²) in [5.74, 6) is -2.01. The van der Waals surface area contributed by atoms with Crippen LogP contribution in [-0.2, 0) is 24.2 Å². The molecule has 1 aromatic rings. The fraction of sp³-hybridized carbons (Fsp3) is 0.524. The zero-order chi connectivity index (χ0) is 22.8. The fourth-order valence-corrected chi connectivity index (χ4v) is 5.54. The number of nitrogens with zero attached hydrogens (tertiary/aromatic N) is 2. The molecule has 2 aliphatic rings. The van der Waals surface area contributed by atoms with Crippen LogP contribution in [0.2, 0.25) is 0 Å². The Morgan fingerprint density at radius 2 is 1.77 bits per heavy atom. The van der Waals surface area contributed by atoms with E-state index in [1.807, 2.05) is 13.8 Å². The van der Waals surface area contributed by atoms with Gasteiger partial charge in [0.15, 0.2) is 16.4 Å². The molecule has 0 unspecified atom stereocenters. The number of amides is 3. The first-order valence-corrected chi connectivity index (χ1v) is 12.0. The first kappa shape index (κ1) is 22.9. The minimum Gasteiger partial charge on any atom is -0.456 e. The summed E-state index contributed by atoms with van der Waals surface area (Å²) < 4.78 is 28.6. The van der Waals surface area contributed by atoms with Gasteiger partial charge < -0.3 is 9.64 Å². The third-order valence-electron chi connectivity index (χ3n) is 5.31. The third kappa shape index (κ3) is 5.30. The number of ether oxygens (including phenoxy) is 1. The molecule has 0 aromatic heterocycles. The van der Waals surface area contributed by atoms with Gasteiger partial charge in [0.2, 0.25) is 0 Å². The number of carbonyl (C=O) groups excluding carboxylic acids is 4. The molecule has 0 saturated carbocycles. The molecule has 3 amide bonds. The highest BCUT2D eigenvalue weighted by Crippen LogP contribution is 2.23. The van der Waals surface area contributed by atoms with E-state index in [1.54, 1.807) is 24.3 Å². The van der Waals surface area contributed by atoms with Crippen LogP contribution < -0.4 is 0 Å². The monoisotopic (exact) mass is 450 g/mol. The second-order valence-corrected chi connectivity index (χ2v) is 10.4. The number of carbonyl (C=O) groups is 4. The van der Waals surface area contributed by atoms with Crippen molar-refractivity contribution in [1.29, 1.82) is 0 Å². The second-order valence-electron chi connectivity index (χ2n) is 8.22. The van der Waals surface area contributed by atoms with E-state index in [2.05, 4.69) is 0 Å². The van der Waals surface area contributed by atoms with E-state index in [1.165, 1.54) is 4.90 Å². The number of fused-ring (bicyclic) bond motifs is 1. The molecule has 0 spiro atoms. The summed E-state index contributed by atoms with van der Waals surface area (Å²) in [7, 11) is -3.16. The van der Waals surface area contributed by atoms with Gasteiger partial charge in [-0.25, -0.2) is 8.42 Å². The molecule has 1 fully saturated rings. The molecular weight excluding hydrogens is 424 g/mol. The van der Waals surface area contributed by atoms with Crippen molar-refractivity contribution in [2.45, 2.75) is 32.7 Å². The number of hydrogen-bond acceptors (Lipinski definition) is 7. The summed E-state index contributed by atoms with van der Waals surface area (Å²) in [5, 5.41) is 0. The highest BCUT2D eigenvalue weighted by molar-refractivity contribution is 7.91. The van der Waals surface area contributed by atoms with E-state index in [-0.39, 0.29) is 30.4 Å². The van der Waals surface area contributed by atoms with Crippen LogP contribution in [-0.4, -0.2) is 79.2 Å². The van der Waals surface area contributed by atoms with Crippen molar-refractivity contribution in [2.75, 3.05) is 31.2 Å². The van der Waals surface area contributed by atoms with Crippen molar-refractivity contribution in [3.05, 3.63) is 35.4 Å². The lowest BCUT2D eigenvalue weighted by molar-refractivity contribution is -0.153. The van der Waals surface area contributed by atoms with Crippen LogP contribution in [0, 0.1) is 5.92 Å². The highest BCUT2D eigenvalue weighted by atomic mass is 32.2. The van der Waals surface area contributed by atoms with Crippen molar-refractivity contribution in [2.24, 2.45) is 5.92 Å². The van der Waals surface area contributed by atoms with Gasteiger partial charge in [0.05, 0.1) is 29.1 Å². The van der Waals surface area contributed by atoms with Crippen molar-refractivity contribution in [3.8, 4) is 0 Å². The standard InChI is InChI=1S/C21H26N2O7S/c1-14(2)11-23(15-8-10-31(28,29)13-15)18(24)12-30-19(25)7-9-22-20(26)16-5-3-4-6-17(16)21(22)27/h3-6,14-15H,7-13H2,1-2H3/t15-/m0/s1. The van der Waals surface area contributed by atoms with E-state index < -0.39 is 46.2 Å².